The van der Waals surface area contributed by atoms with E-state index < -0.39 is 0 Å². The molecule has 0 saturated heterocycles. The molecular formula is C18H13Cl3N4OS. The molecule has 0 aliphatic heterocycles. The number of benzene rings is 2. The zero-order valence-electron chi connectivity index (χ0n) is 14.0. The average Bonchev–Trinajstić information content (AvgIpc) is 2.99. The summed E-state index contributed by atoms with van der Waals surface area (Å²) in [6, 6.07) is 12.3. The van der Waals surface area contributed by atoms with Gasteiger partial charge in [-0.15, -0.1) is 0 Å². The van der Waals surface area contributed by atoms with Crippen molar-refractivity contribution in [3.63, 3.8) is 0 Å². The number of rotatable bonds is 5. The second-order valence-corrected chi connectivity index (χ2v) is 7.70. The van der Waals surface area contributed by atoms with E-state index in [4.69, 9.17) is 34.8 Å². The number of hydrogen-bond donors (Lipinski definition) is 2. The quantitative estimate of drug-likeness (QED) is 0.369. The van der Waals surface area contributed by atoms with E-state index in [1.807, 2.05) is 12.1 Å². The summed E-state index contributed by atoms with van der Waals surface area (Å²) in [5.41, 5.74) is 5.04. The van der Waals surface area contributed by atoms with Gasteiger partial charge in [0.15, 0.2) is 0 Å². The number of aromatic nitrogens is 1. The van der Waals surface area contributed by atoms with Gasteiger partial charge in [-0.25, -0.2) is 4.98 Å². The van der Waals surface area contributed by atoms with Crippen molar-refractivity contribution >= 4 is 68.4 Å². The van der Waals surface area contributed by atoms with E-state index in [0.29, 0.717) is 36.5 Å². The lowest BCUT2D eigenvalue weighted by atomic mass is 10.2. The fourth-order valence-electron chi connectivity index (χ4n) is 2.18. The predicted octanol–water partition coefficient (Wildman–Crippen LogP) is 6.17. The topological polar surface area (TPSA) is 66.4 Å². The summed E-state index contributed by atoms with van der Waals surface area (Å²) in [6.45, 7) is 1.44. The lowest BCUT2D eigenvalue weighted by Gasteiger charge is -2.02. The fourth-order valence-corrected chi connectivity index (χ4v) is 3.65. The molecule has 1 aromatic heterocycles. The van der Waals surface area contributed by atoms with Crippen LogP contribution in [0, 0.1) is 0 Å². The summed E-state index contributed by atoms with van der Waals surface area (Å²) >= 11 is 19.2. The normalized spacial score (nSPS) is 11.0. The minimum Gasteiger partial charge on any atom is -0.316 e. The van der Waals surface area contributed by atoms with E-state index in [9.17, 15) is 4.79 Å². The maximum atomic E-state index is 11.5. The second kappa shape index (κ2) is 8.71. The molecule has 138 valence electrons. The van der Waals surface area contributed by atoms with Crippen LogP contribution < -0.4 is 10.7 Å². The van der Waals surface area contributed by atoms with Crippen molar-refractivity contribution in [2.45, 2.75) is 6.92 Å². The number of halogens is 3. The lowest BCUT2D eigenvalue weighted by molar-refractivity contribution is -0.114. The third-order valence-electron chi connectivity index (χ3n) is 3.36. The molecule has 5 nitrogen and oxygen atoms in total. The molecule has 0 bridgehead atoms. The molecule has 2 aromatic carbocycles. The van der Waals surface area contributed by atoms with Crippen molar-refractivity contribution in [1.29, 1.82) is 0 Å². The molecule has 9 heteroatoms. The van der Waals surface area contributed by atoms with E-state index in [1.54, 1.807) is 36.5 Å². The third kappa shape index (κ3) is 5.20. The van der Waals surface area contributed by atoms with E-state index in [0.717, 1.165) is 5.56 Å². The molecule has 0 radical (unpaired) electrons. The first-order valence-corrected chi connectivity index (χ1v) is 9.66. The Morgan fingerprint density at radius 3 is 2.48 bits per heavy atom. The van der Waals surface area contributed by atoms with E-state index in [2.05, 4.69) is 20.8 Å². The van der Waals surface area contributed by atoms with Crippen molar-refractivity contribution < 1.29 is 4.79 Å². The Hall–Kier alpha value is -2.12. The molecule has 3 rings (SSSR count). The zero-order valence-corrected chi connectivity index (χ0v) is 17.0. The smallest absolute Gasteiger partial charge is 0.221 e. The molecule has 0 aliphatic carbocycles. The van der Waals surface area contributed by atoms with Crippen LogP contribution in [-0.4, -0.2) is 17.1 Å². The number of hydrazone groups is 1. The molecule has 1 heterocycles. The van der Waals surface area contributed by atoms with Crippen LogP contribution in [0.25, 0.3) is 11.3 Å². The summed E-state index contributed by atoms with van der Waals surface area (Å²) in [6.07, 6.45) is 1.57. The van der Waals surface area contributed by atoms with Gasteiger partial charge in [0.25, 0.3) is 0 Å². The van der Waals surface area contributed by atoms with Crippen LogP contribution in [0.5, 0.6) is 0 Å². The Balaban J connectivity index is 1.84. The standard InChI is InChI=1S/C18H13Cl3N4OS/c1-10(26)23-17-16(11-2-5-13(19)6-3-11)24-18(27-17)25-22-9-12-4-7-14(20)8-15(12)21/h2-9H,1H3,(H,23,26)(H,24,25)/b22-9+. The first-order valence-electron chi connectivity index (χ1n) is 7.71. The molecule has 27 heavy (non-hydrogen) atoms. The van der Waals surface area contributed by atoms with Gasteiger partial charge in [0.2, 0.25) is 11.0 Å². The molecule has 0 spiro atoms. The number of thiazole rings is 1. The summed E-state index contributed by atoms with van der Waals surface area (Å²) < 4.78 is 0. The Kier molecular flexibility index (Phi) is 6.34. The number of nitrogens with one attached hydrogen (secondary N) is 2. The minimum absolute atomic E-state index is 0.183. The third-order valence-corrected chi connectivity index (χ3v) is 5.05. The Bertz CT molecular complexity index is 1000. The molecule has 2 N–H and O–H groups in total. The molecule has 1 amide bonds. The highest BCUT2D eigenvalue weighted by Gasteiger charge is 2.14. The van der Waals surface area contributed by atoms with Gasteiger partial charge in [-0.1, -0.05) is 64.3 Å². The zero-order chi connectivity index (χ0) is 19.4. The SMILES string of the molecule is CC(=O)Nc1sc(N/N=C/c2ccc(Cl)cc2Cl)nc1-c1ccc(Cl)cc1. The summed E-state index contributed by atoms with van der Waals surface area (Å²) in [7, 11) is 0. The van der Waals surface area contributed by atoms with Gasteiger partial charge < -0.3 is 5.32 Å². The van der Waals surface area contributed by atoms with Crippen LogP contribution in [0.1, 0.15) is 12.5 Å². The monoisotopic (exact) mass is 438 g/mol. The van der Waals surface area contributed by atoms with Gasteiger partial charge >= 0.3 is 0 Å². The van der Waals surface area contributed by atoms with Crippen LogP contribution in [-0.2, 0) is 4.79 Å². The number of carbonyl (C=O) groups is 1. The number of hydrogen-bond acceptors (Lipinski definition) is 5. The van der Waals surface area contributed by atoms with Crippen molar-refractivity contribution in [2.75, 3.05) is 10.7 Å². The Morgan fingerprint density at radius 1 is 1.11 bits per heavy atom. The van der Waals surface area contributed by atoms with Gasteiger partial charge in [0, 0.05) is 28.1 Å². The highest BCUT2D eigenvalue weighted by molar-refractivity contribution is 7.20. The first kappa shape index (κ1) is 19.6. The van der Waals surface area contributed by atoms with E-state index >= 15 is 0 Å². The minimum atomic E-state index is -0.183. The predicted molar refractivity (Wildman–Crippen MR) is 115 cm³/mol. The molecule has 0 atom stereocenters. The molecule has 3 aromatic rings. The highest BCUT2D eigenvalue weighted by atomic mass is 35.5. The van der Waals surface area contributed by atoms with Crippen molar-refractivity contribution in [3.8, 4) is 11.3 Å². The molecular weight excluding hydrogens is 427 g/mol. The molecule has 0 unspecified atom stereocenters. The van der Waals surface area contributed by atoms with Gasteiger partial charge in [-0.3, -0.25) is 10.2 Å². The molecule has 0 fully saturated rings. The molecule has 0 saturated carbocycles. The van der Waals surface area contributed by atoms with Crippen LogP contribution >= 0.6 is 46.1 Å². The van der Waals surface area contributed by atoms with Crippen molar-refractivity contribution in [2.24, 2.45) is 5.10 Å². The fraction of sp³-hybridized carbons (Fsp3) is 0.0556. The van der Waals surface area contributed by atoms with Crippen molar-refractivity contribution in [1.82, 2.24) is 4.98 Å². The highest BCUT2D eigenvalue weighted by Crippen LogP contribution is 2.36. The Morgan fingerprint density at radius 2 is 1.81 bits per heavy atom. The second-order valence-electron chi connectivity index (χ2n) is 5.42. The van der Waals surface area contributed by atoms with Gasteiger partial charge in [-0.05, 0) is 24.3 Å². The maximum absolute atomic E-state index is 11.5. The van der Waals surface area contributed by atoms with Crippen molar-refractivity contribution in [3.05, 3.63) is 63.1 Å². The average molecular weight is 440 g/mol. The molecule has 0 aliphatic rings. The van der Waals surface area contributed by atoms with E-state index in [-0.39, 0.29) is 5.91 Å². The number of carbonyl (C=O) groups excluding carboxylic acids is 1. The number of amides is 1. The van der Waals surface area contributed by atoms with Gasteiger partial charge in [0.05, 0.1) is 11.2 Å². The van der Waals surface area contributed by atoms with Crippen LogP contribution in [0.4, 0.5) is 10.1 Å². The summed E-state index contributed by atoms with van der Waals surface area (Å²) in [5.74, 6) is -0.183. The summed E-state index contributed by atoms with van der Waals surface area (Å²) in [4.78, 5) is 16.0. The van der Waals surface area contributed by atoms with E-state index in [1.165, 1.54) is 18.3 Å². The van der Waals surface area contributed by atoms with Crippen LogP contribution in [0.15, 0.2) is 47.6 Å². The summed E-state index contributed by atoms with van der Waals surface area (Å²) in [5, 5.41) is 9.75. The Labute approximate surface area is 175 Å². The lowest BCUT2D eigenvalue weighted by Crippen LogP contribution is -2.05. The number of nitrogens with zero attached hydrogens (tertiary/aromatic N) is 2. The largest absolute Gasteiger partial charge is 0.316 e. The van der Waals surface area contributed by atoms with Crippen LogP contribution in [0.2, 0.25) is 15.1 Å². The number of anilines is 2. The first-order chi connectivity index (χ1) is 12.9. The van der Waals surface area contributed by atoms with Gasteiger partial charge in [0.1, 0.15) is 10.7 Å². The van der Waals surface area contributed by atoms with Gasteiger partial charge in [-0.2, -0.15) is 5.10 Å². The van der Waals surface area contributed by atoms with Crippen LogP contribution in [0.3, 0.4) is 0 Å². The maximum Gasteiger partial charge on any atom is 0.221 e.